The molecule has 2 saturated carbocycles. The molecule has 2 fully saturated rings. The van der Waals surface area contributed by atoms with Gasteiger partial charge >= 0.3 is 18.0 Å². The standard InChI is InChI=1S/C17H26N2O7/c1-8(18-15(24)26-16(2,3)4)12(20)19-17(14(23)25-5)7-6-9-10(11(9)17)13(21)22/h8-11H,6-7H2,1-5H3,(H,18,24)(H,19,20)(H,21,22)/t8?,9-,10-,11-,17-/m0/s1. The molecule has 2 amide bonds. The molecule has 2 rings (SSSR count). The lowest BCUT2D eigenvalue weighted by Gasteiger charge is -2.31. The molecule has 2 aliphatic carbocycles. The van der Waals surface area contributed by atoms with Gasteiger partial charge in [0.2, 0.25) is 5.91 Å². The van der Waals surface area contributed by atoms with Crippen molar-refractivity contribution in [2.45, 2.75) is 57.7 Å². The summed E-state index contributed by atoms with van der Waals surface area (Å²) in [4.78, 5) is 48.0. The Kier molecular flexibility index (Phi) is 5.21. The maximum atomic E-state index is 12.5. The van der Waals surface area contributed by atoms with E-state index in [0.29, 0.717) is 12.8 Å². The zero-order valence-electron chi connectivity index (χ0n) is 15.6. The molecule has 2 aliphatic rings. The Morgan fingerprint density at radius 2 is 1.85 bits per heavy atom. The highest BCUT2D eigenvalue weighted by Gasteiger charge is 2.72. The second kappa shape index (κ2) is 6.77. The maximum absolute atomic E-state index is 12.5. The highest BCUT2D eigenvalue weighted by atomic mass is 16.6. The van der Waals surface area contributed by atoms with Crippen molar-refractivity contribution in [3.63, 3.8) is 0 Å². The number of carboxylic acid groups (broad SMARTS) is 1. The Hall–Kier alpha value is -2.32. The fourth-order valence-electron chi connectivity index (χ4n) is 3.80. The fourth-order valence-corrected chi connectivity index (χ4v) is 3.80. The number of carboxylic acids is 1. The lowest BCUT2D eigenvalue weighted by molar-refractivity contribution is -0.153. The van der Waals surface area contributed by atoms with E-state index in [0.717, 1.165) is 0 Å². The molecule has 0 aromatic carbocycles. The number of amides is 2. The maximum Gasteiger partial charge on any atom is 0.408 e. The van der Waals surface area contributed by atoms with Crippen molar-refractivity contribution in [2.75, 3.05) is 7.11 Å². The Morgan fingerprint density at radius 1 is 1.23 bits per heavy atom. The summed E-state index contributed by atoms with van der Waals surface area (Å²) < 4.78 is 9.93. The van der Waals surface area contributed by atoms with E-state index in [2.05, 4.69) is 10.6 Å². The van der Waals surface area contributed by atoms with Crippen LogP contribution in [0.2, 0.25) is 0 Å². The number of carbonyl (C=O) groups is 4. The van der Waals surface area contributed by atoms with E-state index in [-0.39, 0.29) is 5.92 Å². The quantitative estimate of drug-likeness (QED) is 0.606. The van der Waals surface area contributed by atoms with Crippen molar-refractivity contribution in [1.29, 1.82) is 0 Å². The number of fused-ring (bicyclic) bond motifs is 1. The molecule has 0 radical (unpaired) electrons. The number of nitrogens with one attached hydrogen (secondary N) is 2. The normalized spacial score (nSPS) is 30.6. The van der Waals surface area contributed by atoms with E-state index < -0.39 is 53.0 Å². The highest BCUT2D eigenvalue weighted by Crippen LogP contribution is 2.62. The molecule has 26 heavy (non-hydrogen) atoms. The molecule has 0 aliphatic heterocycles. The number of aliphatic carboxylic acids is 1. The molecular weight excluding hydrogens is 344 g/mol. The van der Waals surface area contributed by atoms with E-state index >= 15 is 0 Å². The van der Waals surface area contributed by atoms with Crippen molar-refractivity contribution in [3.05, 3.63) is 0 Å². The smallest absolute Gasteiger partial charge is 0.408 e. The summed E-state index contributed by atoms with van der Waals surface area (Å²) in [5.74, 6) is -3.56. The minimum absolute atomic E-state index is 0.152. The van der Waals surface area contributed by atoms with E-state index in [9.17, 15) is 24.3 Å². The summed E-state index contributed by atoms with van der Waals surface area (Å²) in [7, 11) is 1.20. The zero-order valence-corrected chi connectivity index (χ0v) is 15.6. The molecule has 1 unspecified atom stereocenters. The van der Waals surface area contributed by atoms with Crippen LogP contribution in [0, 0.1) is 17.8 Å². The number of hydrogen-bond donors (Lipinski definition) is 3. The number of carbonyl (C=O) groups excluding carboxylic acids is 3. The van der Waals surface area contributed by atoms with Crippen molar-refractivity contribution < 1.29 is 33.8 Å². The Morgan fingerprint density at radius 3 is 2.31 bits per heavy atom. The van der Waals surface area contributed by atoms with Gasteiger partial charge in [-0.3, -0.25) is 9.59 Å². The van der Waals surface area contributed by atoms with Crippen LogP contribution < -0.4 is 10.6 Å². The largest absolute Gasteiger partial charge is 0.481 e. The van der Waals surface area contributed by atoms with Gasteiger partial charge in [0.25, 0.3) is 0 Å². The second-order valence-electron chi connectivity index (χ2n) is 7.91. The third-order valence-electron chi connectivity index (χ3n) is 4.92. The molecule has 0 heterocycles. The fraction of sp³-hybridized carbons (Fsp3) is 0.765. The molecule has 0 bridgehead atoms. The first kappa shape index (κ1) is 20.0. The molecule has 9 heteroatoms. The van der Waals surface area contributed by atoms with Crippen LogP contribution in [0.1, 0.15) is 40.5 Å². The molecule has 0 saturated heterocycles. The Bertz CT molecular complexity index is 627. The monoisotopic (exact) mass is 370 g/mol. The lowest BCUT2D eigenvalue weighted by atomic mass is 9.89. The first-order valence-electron chi connectivity index (χ1n) is 8.55. The van der Waals surface area contributed by atoms with Crippen molar-refractivity contribution in [3.8, 4) is 0 Å². The van der Waals surface area contributed by atoms with Gasteiger partial charge in [0.15, 0.2) is 0 Å². The van der Waals surface area contributed by atoms with Gasteiger partial charge in [0.05, 0.1) is 13.0 Å². The van der Waals surface area contributed by atoms with Gasteiger partial charge in [-0.2, -0.15) is 0 Å². The van der Waals surface area contributed by atoms with Crippen LogP contribution in [-0.2, 0) is 23.9 Å². The average molecular weight is 370 g/mol. The van der Waals surface area contributed by atoms with Gasteiger partial charge in [0.1, 0.15) is 17.2 Å². The summed E-state index contributed by atoms with van der Waals surface area (Å²) in [6.45, 7) is 6.54. The predicted molar refractivity (Wildman–Crippen MR) is 89.1 cm³/mol. The number of alkyl carbamates (subject to hydrolysis) is 1. The molecule has 5 atom stereocenters. The van der Waals surface area contributed by atoms with E-state index in [1.54, 1.807) is 20.8 Å². The summed E-state index contributed by atoms with van der Waals surface area (Å²) in [5.41, 5.74) is -2.08. The molecule has 0 aromatic rings. The van der Waals surface area contributed by atoms with Gasteiger partial charge in [0, 0.05) is 5.92 Å². The summed E-state index contributed by atoms with van der Waals surface area (Å²) >= 11 is 0. The number of esters is 1. The summed E-state index contributed by atoms with van der Waals surface area (Å²) in [6, 6.07) is -0.965. The molecule has 0 aromatic heterocycles. The second-order valence-corrected chi connectivity index (χ2v) is 7.91. The van der Waals surface area contributed by atoms with Gasteiger partial charge < -0.3 is 25.2 Å². The van der Waals surface area contributed by atoms with Crippen LogP contribution in [0.25, 0.3) is 0 Å². The van der Waals surface area contributed by atoms with Crippen LogP contribution in [0.15, 0.2) is 0 Å². The molecule has 3 N–H and O–H groups in total. The summed E-state index contributed by atoms with van der Waals surface area (Å²) in [5, 5.41) is 14.3. The van der Waals surface area contributed by atoms with Crippen LogP contribution in [0.3, 0.4) is 0 Å². The van der Waals surface area contributed by atoms with Crippen molar-refractivity contribution in [2.24, 2.45) is 17.8 Å². The molecule has 146 valence electrons. The third-order valence-corrected chi connectivity index (χ3v) is 4.92. The third kappa shape index (κ3) is 3.76. The molecule has 0 spiro atoms. The van der Waals surface area contributed by atoms with Crippen LogP contribution in [0.4, 0.5) is 4.79 Å². The Labute approximate surface area is 151 Å². The number of methoxy groups -OCH3 is 1. The average Bonchev–Trinajstić information content (AvgIpc) is 3.14. The Balaban J connectivity index is 2.08. The molecule has 9 nitrogen and oxygen atoms in total. The van der Waals surface area contributed by atoms with Crippen LogP contribution >= 0.6 is 0 Å². The zero-order chi connectivity index (χ0) is 19.9. The van der Waals surface area contributed by atoms with Crippen molar-refractivity contribution in [1.82, 2.24) is 10.6 Å². The van der Waals surface area contributed by atoms with E-state index in [1.807, 2.05) is 0 Å². The minimum Gasteiger partial charge on any atom is -0.481 e. The lowest BCUT2D eigenvalue weighted by Crippen LogP contribution is -2.60. The first-order chi connectivity index (χ1) is 11.9. The van der Waals surface area contributed by atoms with Gasteiger partial charge in [-0.15, -0.1) is 0 Å². The number of hydrogen-bond acceptors (Lipinski definition) is 6. The van der Waals surface area contributed by atoms with Gasteiger partial charge in [-0.05, 0) is 46.5 Å². The minimum atomic E-state index is -1.37. The van der Waals surface area contributed by atoms with Gasteiger partial charge in [-0.1, -0.05) is 0 Å². The van der Waals surface area contributed by atoms with E-state index in [1.165, 1.54) is 14.0 Å². The SMILES string of the molecule is COC(=O)[C@]1(NC(=O)C(C)NC(=O)OC(C)(C)C)CC[C@H]2[C@H](C(=O)O)[C@H]21. The van der Waals surface area contributed by atoms with Crippen LogP contribution in [0.5, 0.6) is 0 Å². The topological polar surface area (TPSA) is 131 Å². The van der Waals surface area contributed by atoms with E-state index in [4.69, 9.17) is 9.47 Å². The number of ether oxygens (including phenoxy) is 2. The van der Waals surface area contributed by atoms with Crippen LogP contribution in [-0.4, -0.2) is 53.3 Å². The number of rotatable bonds is 5. The predicted octanol–water partition coefficient (Wildman–Crippen LogP) is 0.668. The first-order valence-corrected chi connectivity index (χ1v) is 8.55. The highest BCUT2D eigenvalue weighted by molar-refractivity contribution is 5.94. The molecular formula is C17H26N2O7. The summed E-state index contributed by atoms with van der Waals surface area (Å²) in [6.07, 6.45) is 0.0700. The van der Waals surface area contributed by atoms with Crippen molar-refractivity contribution >= 4 is 23.9 Å². The van der Waals surface area contributed by atoms with Gasteiger partial charge in [-0.25, -0.2) is 9.59 Å².